The van der Waals surface area contributed by atoms with Crippen LogP contribution in [0, 0.1) is 17.2 Å². The van der Waals surface area contributed by atoms with Gasteiger partial charge in [0, 0.05) is 37.7 Å². The van der Waals surface area contributed by atoms with Gasteiger partial charge in [-0.25, -0.2) is 9.78 Å². The molecule has 1 aliphatic rings. The van der Waals surface area contributed by atoms with Crippen LogP contribution in [-0.2, 0) is 11.9 Å². The Balaban J connectivity index is 1.45. The van der Waals surface area contributed by atoms with Crippen molar-refractivity contribution in [2.24, 2.45) is 18.1 Å². The van der Waals surface area contributed by atoms with Gasteiger partial charge in [0.1, 0.15) is 22.9 Å². The predicted molar refractivity (Wildman–Crippen MR) is 150 cm³/mol. The largest absolute Gasteiger partial charge is 0.417 e. The normalized spacial score (nSPS) is 18.3. The van der Waals surface area contributed by atoms with E-state index in [1.165, 1.54) is 0 Å². The molecule has 0 atom stereocenters. The summed E-state index contributed by atoms with van der Waals surface area (Å²) in [4.78, 5) is 39.9. The van der Waals surface area contributed by atoms with Gasteiger partial charge in [0.05, 0.1) is 22.4 Å². The van der Waals surface area contributed by atoms with Crippen molar-refractivity contribution in [3.63, 3.8) is 0 Å². The van der Waals surface area contributed by atoms with Crippen molar-refractivity contribution in [3.05, 3.63) is 68.6 Å². The number of aromatic nitrogens is 3. The number of hydrogen-bond donors (Lipinski definition) is 1. The first-order valence-corrected chi connectivity index (χ1v) is 13.1. The third-order valence-corrected chi connectivity index (χ3v) is 7.33. The third kappa shape index (κ3) is 5.17. The zero-order valence-electron chi connectivity index (χ0n) is 22.8. The van der Waals surface area contributed by atoms with Crippen molar-refractivity contribution in [2.75, 3.05) is 11.9 Å². The first kappa shape index (κ1) is 26.2. The van der Waals surface area contributed by atoms with Crippen molar-refractivity contribution in [1.82, 2.24) is 14.5 Å². The number of oxazole rings is 1. The minimum Gasteiger partial charge on any atom is -0.407 e. The van der Waals surface area contributed by atoms with Gasteiger partial charge in [-0.1, -0.05) is 11.2 Å². The fourth-order valence-corrected chi connectivity index (χ4v) is 5.28. The second kappa shape index (κ2) is 10.1. The van der Waals surface area contributed by atoms with E-state index < -0.39 is 11.4 Å². The predicted octanol–water partition coefficient (Wildman–Crippen LogP) is 4.45. The monoisotopic (exact) mass is 528 g/mol. The number of pyridine rings is 2. The number of fused-ring (bicyclic) bond motifs is 2. The van der Waals surface area contributed by atoms with E-state index >= 15 is 0 Å². The number of hydrogen-bond acceptors (Lipinski definition) is 8. The molecule has 10 heteroatoms. The second-order valence-corrected chi connectivity index (χ2v) is 11.1. The Kier molecular flexibility index (Phi) is 6.76. The number of nitriles is 1. The van der Waals surface area contributed by atoms with E-state index in [0.29, 0.717) is 27.8 Å². The maximum Gasteiger partial charge on any atom is 0.417 e. The number of aryl methyl sites for hydroxylation is 1. The van der Waals surface area contributed by atoms with Crippen LogP contribution in [0.1, 0.15) is 57.7 Å². The lowest BCUT2D eigenvalue weighted by Crippen LogP contribution is -2.38. The van der Waals surface area contributed by atoms with Gasteiger partial charge >= 0.3 is 5.76 Å². The molecule has 1 aliphatic carbocycles. The number of para-hydroxylation sites is 1. The molecule has 0 amide bonds. The standard InChI is InChI=1S/C29H32N6O4/c1-29(2,3)39-33-25(20-7-6-8-21-27(20)38-28(37)32-21)17-9-12-19(13-10-17)34(4)23-15-24(36)35(5)22-14-11-18(16-30)31-26(22)23/h6-8,11,14-15,17,19H,9-10,12-13H2,1-5H3,(H,32,37)/b33-25-/t17-,19+. The lowest BCUT2D eigenvalue weighted by atomic mass is 9.80. The highest BCUT2D eigenvalue weighted by Crippen LogP contribution is 2.35. The minimum atomic E-state index is -0.506. The van der Waals surface area contributed by atoms with Crippen LogP contribution in [0.3, 0.4) is 0 Å². The van der Waals surface area contributed by atoms with Gasteiger partial charge in [0.25, 0.3) is 5.56 Å². The highest BCUT2D eigenvalue weighted by atomic mass is 16.6. The molecule has 3 heterocycles. The van der Waals surface area contributed by atoms with E-state index in [0.717, 1.165) is 42.6 Å². The summed E-state index contributed by atoms with van der Waals surface area (Å²) in [5, 5.41) is 14.0. The van der Waals surface area contributed by atoms with Crippen LogP contribution in [0.25, 0.3) is 22.1 Å². The molecule has 10 nitrogen and oxygen atoms in total. The maximum absolute atomic E-state index is 12.7. The Morgan fingerprint density at radius 2 is 1.95 bits per heavy atom. The summed E-state index contributed by atoms with van der Waals surface area (Å²) in [6.07, 6.45) is 3.34. The minimum absolute atomic E-state index is 0.0894. The fourth-order valence-electron chi connectivity index (χ4n) is 5.28. The molecule has 39 heavy (non-hydrogen) atoms. The summed E-state index contributed by atoms with van der Waals surface area (Å²) in [5.74, 6) is -0.417. The van der Waals surface area contributed by atoms with Crippen LogP contribution in [0.5, 0.6) is 0 Å². The SMILES string of the molecule is Cn1c(=O)cc(N(C)[C@H]2CC[C@@H](/C(=N/OC(C)(C)C)c3cccc4[nH]c(=O)oc34)CC2)c2nc(C#N)ccc21. The van der Waals surface area contributed by atoms with Crippen LogP contribution < -0.4 is 16.2 Å². The number of anilines is 1. The fraction of sp³-hybridized carbons (Fsp3) is 0.414. The van der Waals surface area contributed by atoms with Crippen molar-refractivity contribution in [2.45, 2.75) is 58.1 Å². The van der Waals surface area contributed by atoms with Gasteiger partial charge in [-0.05, 0) is 70.7 Å². The Labute approximate surface area is 225 Å². The summed E-state index contributed by atoms with van der Waals surface area (Å²) >= 11 is 0. The number of H-pyrrole nitrogens is 1. The van der Waals surface area contributed by atoms with E-state index in [-0.39, 0.29) is 17.5 Å². The molecule has 0 aliphatic heterocycles. The quantitative estimate of drug-likeness (QED) is 0.299. The van der Waals surface area contributed by atoms with Crippen molar-refractivity contribution < 1.29 is 9.25 Å². The second-order valence-electron chi connectivity index (χ2n) is 11.1. The van der Waals surface area contributed by atoms with Crippen molar-refractivity contribution in [1.29, 1.82) is 5.26 Å². The van der Waals surface area contributed by atoms with E-state index in [9.17, 15) is 14.9 Å². The number of oxime groups is 1. The third-order valence-electron chi connectivity index (χ3n) is 7.33. The Bertz CT molecular complexity index is 1730. The molecule has 0 spiro atoms. The first-order valence-electron chi connectivity index (χ1n) is 13.1. The van der Waals surface area contributed by atoms with Crippen LogP contribution in [0.15, 0.2) is 55.6 Å². The van der Waals surface area contributed by atoms with Crippen LogP contribution in [-0.4, -0.2) is 38.9 Å². The summed E-state index contributed by atoms with van der Waals surface area (Å²) in [5.41, 5.74) is 4.35. The van der Waals surface area contributed by atoms with E-state index in [1.807, 2.05) is 40.0 Å². The van der Waals surface area contributed by atoms with E-state index in [2.05, 4.69) is 26.1 Å². The van der Waals surface area contributed by atoms with Gasteiger partial charge in [0.2, 0.25) is 0 Å². The topological polar surface area (TPSA) is 130 Å². The Morgan fingerprint density at radius 3 is 2.64 bits per heavy atom. The molecule has 1 N–H and O–H groups in total. The molecule has 0 radical (unpaired) electrons. The first-order chi connectivity index (χ1) is 18.6. The summed E-state index contributed by atoms with van der Waals surface area (Å²) in [6.45, 7) is 5.82. The number of nitrogens with one attached hydrogen (secondary N) is 1. The molecule has 0 bridgehead atoms. The molecule has 202 valence electrons. The smallest absolute Gasteiger partial charge is 0.407 e. The molecule has 5 rings (SSSR count). The lowest BCUT2D eigenvalue weighted by molar-refractivity contribution is -0.0000268. The Hall–Kier alpha value is -4.39. The van der Waals surface area contributed by atoms with E-state index in [1.54, 1.807) is 35.9 Å². The molecule has 0 unspecified atom stereocenters. The molecule has 3 aromatic heterocycles. The van der Waals surface area contributed by atoms with E-state index in [4.69, 9.17) is 9.25 Å². The zero-order valence-corrected chi connectivity index (χ0v) is 22.8. The summed E-state index contributed by atoms with van der Waals surface area (Å²) in [6, 6.07) is 12.8. The van der Waals surface area contributed by atoms with Gasteiger partial charge < -0.3 is 18.7 Å². The molecular weight excluding hydrogens is 496 g/mol. The number of aromatic amines is 1. The number of benzene rings is 1. The van der Waals surface area contributed by atoms with Gasteiger partial charge in [-0.3, -0.25) is 9.78 Å². The average molecular weight is 529 g/mol. The molecular formula is C29H32N6O4. The summed E-state index contributed by atoms with van der Waals surface area (Å²) < 4.78 is 7.03. The highest BCUT2D eigenvalue weighted by Gasteiger charge is 2.31. The highest BCUT2D eigenvalue weighted by molar-refractivity contribution is 6.09. The maximum atomic E-state index is 12.7. The molecule has 1 fully saturated rings. The molecule has 1 saturated carbocycles. The van der Waals surface area contributed by atoms with Gasteiger partial charge in [0.15, 0.2) is 5.58 Å². The van der Waals surface area contributed by atoms with Gasteiger partial charge in [-0.2, -0.15) is 5.26 Å². The van der Waals surface area contributed by atoms with Gasteiger partial charge in [-0.15, -0.1) is 0 Å². The average Bonchev–Trinajstić information content (AvgIpc) is 3.30. The van der Waals surface area contributed by atoms with Crippen LogP contribution in [0.4, 0.5) is 5.69 Å². The Morgan fingerprint density at radius 1 is 1.21 bits per heavy atom. The van der Waals surface area contributed by atoms with Crippen LogP contribution >= 0.6 is 0 Å². The molecule has 4 aromatic rings. The van der Waals surface area contributed by atoms with Crippen LogP contribution in [0.2, 0.25) is 0 Å². The summed E-state index contributed by atoms with van der Waals surface area (Å²) in [7, 11) is 3.69. The van der Waals surface area contributed by atoms with Crippen molar-refractivity contribution >= 4 is 33.5 Å². The zero-order chi connectivity index (χ0) is 27.9. The lowest BCUT2D eigenvalue weighted by Gasteiger charge is -2.36. The number of rotatable bonds is 5. The molecule has 1 aromatic carbocycles. The number of nitrogens with zero attached hydrogens (tertiary/aromatic N) is 5. The van der Waals surface area contributed by atoms with Crippen molar-refractivity contribution in [3.8, 4) is 6.07 Å². The molecule has 0 saturated heterocycles.